The third-order valence-electron chi connectivity index (χ3n) is 4.46. The first-order valence-electron chi connectivity index (χ1n) is 9.39. The molecule has 0 aliphatic heterocycles. The lowest BCUT2D eigenvalue weighted by atomic mass is 10.3. The third-order valence-corrected chi connectivity index (χ3v) is 7.12. The van der Waals surface area contributed by atoms with Crippen molar-refractivity contribution in [3.8, 4) is 5.75 Å². The summed E-state index contributed by atoms with van der Waals surface area (Å²) in [6.45, 7) is 10.1. The molecule has 3 rings (SSSR count). The van der Waals surface area contributed by atoms with Gasteiger partial charge in [0.1, 0.15) is 11.3 Å². The molecule has 8 heteroatoms. The third kappa shape index (κ3) is 4.74. The molecule has 1 amide bonds. The minimum Gasteiger partial charge on any atom is -0.492 e. The number of aromatic nitrogens is 1. The van der Waals surface area contributed by atoms with Crippen molar-refractivity contribution in [2.24, 2.45) is 0 Å². The first-order chi connectivity index (χ1) is 13.6. The fraction of sp³-hybridized carbons (Fsp3) is 0.400. The molecule has 150 valence electrons. The van der Waals surface area contributed by atoms with Crippen LogP contribution in [0.25, 0.3) is 10.2 Å². The minimum absolute atomic E-state index is 0.0140. The van der Waals surface area contributed by atoms with Crippen LogP contribution in [-0.4, -0.2) is 48.6 Å². The van der Waals surface area contributed by atoms with Gasteiger partial charge in [0.05, 0.1) is 20.0 Å². The summed E-state index contributed by atoms with van der Waals surface area (Å²) in [5, 5.41) is 0.712. The second-order valence-electron chi connectivity index (χ2n) is 6.12. The topological polar surface area (TPSA) is 45.7 Å². The van der Waals surface area contributed by atoms with Crippen LogP contribution in [0.15, 0.2) is 34.1 Å². The van der Waals surface area contributed by atoms with E-state index in [-0.39, 0.29) is 5.91 Å². The number of hydrogen-bond acceptors (Lipinski definition) is 6. The number of amides is 1. The number of thiazole rings is 1. The number of hydrogen-bond donors (Lipinski definition) is 0. The van der Waals surface area contributed by atoms with Crippen LogP contribution in [0.3, 0.4) is 0 Å². The fourth-order valence-corrected chi connectivity index (χ4v) is 5.27. The zero-order valence-electron chi connectivity index (χ0n) is 16.3. The van der Waals surface area contributed by atoms with Gasteiger partial charge in [-0.15, -0.1) is 11.3 Å². The Morgan fingerprint density at radius 1 is 1.11 bits per heavy atom. The van der Waals surface area contributed by atoms with Gasteiger partial charge in [-0.05, 0) is 60.2 Å². The average Bonchev–Trinajstić information content (AvgIpc) is 3.32. The molecule has 0 N–H and O–H groups in total. The monoisotopic (exact) mass is 481 g/mol. The summed E-state index contributed by atoms with van der Waals surface area (Å²) in [4.78, 5) is 22.9. The first-order valence-corrected chi connectivity index (χ1v) is 11.8. The SMILES string of the molecule is CCOc1cccc2sc(N(CCN(CC)CC)C(=O)c3ccc(Br)s3)nc12. The molecule has 0 aliphatic carbocycles. The number of benzene rings is 1. The van der Waals surface area contributed by atoms with Crippen molar-refractivity contribution in [2.45, 2.75) is 20.8 Å². The summed E-state index contributed by atoms with van der Waals surface area (Å²) in [7, 11) is 0. The molecule has 0 spiro atoms. The molecular weight excluding hydrogens is 458 g/mol. The van der Waals surface area contributed by atoms with Crippen LogP contribution in [-0.2, 0) is 0 Å². The van der Waals surface area contributed by atoms with Crippen molar-refractivity contribution in [3.05, 3.63) is 39.0 Å². The van der Waals surface area contributed by atoms with Gasteiger partial charge in [0.15, 0.2) is 5.13 Å². The zero-order chi connectivity index (χ0) is 20.1. The molecule has 1 aromatic carbocycles. The lowest BCUT2D eigenvalue weighted by molar-refractivity contribution is 0.0987. The Bertz CT molecular complexity index is 937. The number of anilines is 1. The highest BCUT2D eigenvalue weighted by molar-refractivity contribution is 9.11. The maximum Gasteiger partial charge on any atom is 0.270 e. The number of thiophene rings is 1. The van der Waals surface area contributed by atoms with Gasteiger partial charge in [-0.1, -0.05) is 31.3 Å². The predicted molar refractivity (Wildman–Crippen MR) is 122 cm³/mol. The highest BCUT2D eigenvalue weighted by Crippen LogP contribution is 2.35. The summed E-state index contributed by atoms with van der Waals surface area (Å²) in [5.74, 6) is 0.748. The number of halogens is 1. The van der Waals surface area contributed by atoms with Gasteiger partial charge in [-0.25, -0.2) is 4.98 Å². The van der Waals surface area contributed by atoms with E-state index in [0.29, 0.717) is 23.2 Å². The van der Waals surface area contributed by atoms with Crippen LogP contribution in [0.2, 0.25) is 0 Å². The van der Waals surface area contributed by atoms with Gasteiger partial charge in [-0.2, -0.15) is 0 Å². The first kappa shape index (κ1) is 21.2. The Hall–Kier alpha value is -1.48. The number of likely N-dealkylation sites (N-methyl/N-ethyl adjacent to an activating group) is 1. The van der Waals surface area contributed by atoms with E-state index in [1.165, 1.54) is 22.7 Å². The number of ether oxygens (including phenoxy) is 1. The predicted octanol–water partition coefficient (Wildman–Crippen LogP) is 5.51. The van der Waals surface area contributed by atoms with Crippen LogP contribution in [0, 0.1) is 0 Å². The molecule has 0 saturated carbocycles. The van der Waals surface area contributed by atoms with Crippen molar-refractivity contribution in [1.29, 1.82) is 0 Å². The summed E-state index contributed by atoms with van der Waals surface area (Å²) in [6, 6.07) is 9.68. The van der Waals surface area contributed by atoms with Gasteiger partial charge in [0.2, 0.25) is 0 Å². The van der Waals surface area contributed by atoms with E-state index >= 15 is 0 Å². The van der Waals surface area contributed by atoms with Gasteiger partial charge >= 0.3 is 0 Å². The van der Waals surface area contributed by atoms with Crippen LogP contribution in [0.4, 0.5) is 5.13 Å². The summed E-state index contributed by atoms with van der Waals surface area (Å²) < 4.78 is 7.69. The number of rotatable bonds is 9. The van der Waals surface area contributed by atoms with E-state index in [1.807, 2.05) is 37.3 Å². The smallest absolute Gasteiger partial charge is 0.270 e. The van der Waals surface area contributed by atoms with Gasteiger partial charge < -0.3 is 9.64 Å². The Labute approximate surface area is 182 Å². The van der Waals surface area contributed by atoms with E-state index in [9.17, 15) is 4.79 Å². The molecular formula is C20H24BrN3O2S2. The van der Waals surface area contributed by atoms with Gasteiger partial charge in [0, 0.05) is 13.1 Å². The molecule has 0 saturated heterocycles. The maximum atomic E-state index is 13.3. The Morgan fingerprint density at radius 3 is 2.54 bits per heavy atom. The molecule has 0 radical (unpaired) electrons. The van der Waals surface area contributed by atoms with Crippen LogP contribution in [0.1, 0.15) is 30.4 Å². The molecule has 0 atom stereocenters. The number of nitrogens with zero attached hydrogens (tertiary/aromatic N) is 3. The molecule has 0 aliphatic rings. The van der Waals surface area contributed by atoms with Crippen molar-refractivity contribution < 1.29 is 9.53 Å². The van der Waals surface area contributed by atoms with Crippen molar-refractivity contribution in [3.63, 3.8) is 0 Å². The van der Waals surface area contributed by atoms with Gasteiger partial charge in [-0.3, -0.25) is 9.69 Å². The van der Waals surface area contributed by atoms with E-state index in [1.54, 1.807) is 4.90 Å². The van der Waals surface area contributed by atoms with Crippen LogP contribution < -0.4 is 9.64 Å². The van der Waals surface area contributed by atoms with E-state index in [4.69, 9.17) is 9.72 Å². The lowest BCUT2D eigenvalue weighted by Gasteiger charge is -2.24. The second-order valence-corrected chi connectivity index (χ2v) is 9.59. The number of para-hydroxylation sites is 1. The molecule has 5 nitrogen and oxygen atoms in total. The molecule has 2 aromatic heterocycles. The number of fused-ring (bicyclic) bond motifs is 1. The molecule has 2 heterocycles. The molecule has 0 bridgehead atoms. The Kier molecular flexibility index (Phi) is 7.45. The summed E-state index contributed by atoms with van der Waals surface area (Å²) in [5.41, 5.74) is 0.817. The zero-order valence-corrected chi connectivity index (χ0v) is 19.5. The second kappa shape index (κ2) is 9.82. The molecule has 0 fully saturated rings. The normalized spacial score (nSPS) is 11.3. The van der Waals surface area contributed by atoms with Crippen LogP contribution >= 0.6 is 38.6 Å². The average molecular weight is 482 g/mol. The Morgan fingerprint density at radius 2 is 1.89 bits per heavy atom. The van der Waals surface area contributed by atoms with Crippen molar-refractivity contribution >= 4 is 59.9 Å². The van der Waals surface area contributed by atoms with E-state index in [0.717, 1.165) is 39.4 Å². The molecule has 28 heavy (non-hydrogen) atoms. The highest BCUT2D eigenvalue weighted by atomic mass is 79.9. The maximum absolute atomic E-state index is 13.3. The van der Waals surface area contributed by atoms with Crippen LogP contribution in [0.5, 0.6) is 5.75 Å². The van der Waals surface area contributed by atoms with Gasteiger partial charge in [0.25, 0.3) is 5.91 Å². The molecule has 0 unspecified atom stereocenters. The minimum atomic E-state index is -0.0140. The lowest BCUT2D eigenvalue weighted by Crippen LogP contribution is -2.38. The quantitative estimate of drug-likeness (QED) is 0.404. The van der Waals surface area contributed by atoms with E-state index < -0.39 is 0 Å². The molecule has 3 aromatic rings. The largest absolute Gasteiger partial charge is 0.492 e. The summed E-state index contributed by atoms with van der Waals surface area (Å²) in [6.07, 6.45) is 0. The van der Waals surface area contributed by atoms with Crippen molar-refractivity contribution in [2.75, 3.05) is 37.7 Å². The standard InChI is InChI=1S/C20H24BrN3O2S2/c1-4-23(5-2)12-13-24(19(25)16-10-11-17(21)27-16)20-22-18-14(26-6-3)8-7-9-15(18)28-20/h7-11H,4-6,12-13H2,1-3H3. The Balaban J connectivity index is 1.96. The fourth-order valence-electron chi connectivity index (χ4n) is 2.93. The number of carbonyl (C=O) groups excluding carboxylic acids is 1. The van der Waals surface area contributed by atoms with Crippen molar-refractivity contribution in [1.82, 2.24) is 9.88 Å². The summed E-state index contributed by atoms with van der Waals surface area (Å²) >= 11 is 6.43. The van der Waals surface area contributed by atoms with E-state index in [2.05, 4.69) is 34.7 Å². The number of carbonyl (C=O) groups is 1. The highest BCUT2D eigenvalue weighted by Gasteiger charge is 2.24.